The Morgan fingerprint density at radius 2 is 1.67 bits per heavy atom. The average Bonchev–Trinajstić information content (AvgIpc) is 2.61. The lowest BCUT2D eigenvalue weighted by Gasteiger charge is -2.12. The second kappa shape index (κ2) is 9.73. The Hall–Kier alpha value is -2.33. The van der Waals surface area contributed by atoms with Crippen LogP contribution in [0.15, 0.2) is 48.5 Å². The minimum atomic E-state index is 0.0968. The molecule has 128 valence electrons. The van der Waals surface area contributed by atoms with Crippen molar-refractivity contribution in [3.63, 3.8) is 0 Å². The number of benzene rings is 2. The SMILES string of the molecule is CCOc1ccc(C(=O)CCNCc2ccccc2)cc1OCC. The van der Waals surface area contributed by atoms with E-state index in [1.165, 1.54) is 5.56 Å². The molecule has 1 N–H and O–H groups in total. The summed E-state index contributed by atoms with van der Waals surface area (Å²) < 4.78 is 11.1. The van der Waals surface area contributed by atoms with Crippen molar-refractivity contribution in [3.05, 3.63) is 59.7 Å². The third-order valence-electron chi connectivity index (χ3n) is 3.57. The monoisotopic (exact) mass is 327 g/mol. The van der Waals surface area contributed by atoms with Gasteiger partial charge in [0.25, 0.3) is 0 Å². The molecule has 0 saturated carbocycles. The molecule has 2 aromatic rings. The van der Waals surface area contributed by atoms with E-state index >= 15 is 0 Å². The molecular formula is C20H25NO3. The Morgan fingerprint density at radius 1 is 0.958 bits per heavy atom. The fourth-order valence-electron chi connectivity index (χ4n) is 2.40. The topological polar surface area (TPSA) is 47.6 Å². The van der Waals surface area contributed by atoms with E-state index in [-0.39, 0.29) is 5.78 Å². The molecule has 0 aliphatic heterocycles. The van der Waals surface area contributed by atoms with E-state index in [2.05, 4.69) is 17.4 Å². The van der Waals surface area contributed by atoms with Crippen LogP contribution in [-0.2, 0) is 6.54 Å². The smallest absolute Gasteiger partial charge is 0.164 e. The van der Waals surface area contributed by atoms with Crippen LogP contribution >= 0.6 is 0 Å². The van der Waals surface area contributed by atoms with Crippen LogP contribution in [0.2, 0.25) is 0 Å². The van der Waals surface area contributed by atoms with Crippen LogP contribution in [0.1, 0.15) is 36.2 Å². The lowest BCUT2D eigenvalue weighted by molar-refractivity contribution is 0.0982. The molecule has 0 atom stereocenters. The second-order valence-electron chi connectivity index (χ2n) is 5.36. The Kier molecular flexibility index (Phi) is 7.30. The van der Waals surface area contributed by atoms with Gasteiger partial charge in [0.1, 0.15) is 0 Å². The molecule has 24 heavy (non-hydrogen) atoms. The maximum absolute atomic E-state index is 12.3. The molecule has 0 spiro atoms. The molecule has 2 aromatic carbocycles. The third kappa shape index (κ3) is 5.39. The molecule has 0 bridgehead atoms. The summed E-state index contributed by atoms with van der Waals surface area (Å²) in [7, 11) is 0. The lowest BCUT2D eigenvalue weighted by atomic mass is 10.1. The van der Waals surface area contributed by atoms with Crippen molar-refractivity contribution in [2.45, 2.75) is 26.8 Å². The van der Waals surface area contributed by atoms with Crippen LogP contribution in [0.3, 0.4) is 0 Å². The fraction of sp³-hybridized carbons (Fsp3) is 0.350. The summed E-state index contributed by atoms with van der Waals surface area (Å²) >= 11 is 0. The first-order chi connectivity index (χ1) is 11.7. The van der Waals surface area contributed by atoms with Gasteiger partial charge in [0.2, 0.25) is 0 Å². The Bertz CT molecular complexity index is 641. The summed E-state index contributed by atoms with van der Waals surface area (Å²) in [6.45, 7) is 6.35. The van der Waals surface area contributed by atoms with Crippen LogP contribution < -0.4 is 14.8 Å². The normalized spacial score (nSPS) is 10.4. The van der Waals surface area contributed by atoms with Gasteiger partial charge in [-0.05, 0) is 37.6 Å². The van der Waals surface area contributed by atoms with Gasteiger partial charge in [0.05, 0.1) is 13.2 Å². The Labute approximate surface area is 143 Å². The molecular weight excluding hydrogens is 302 g/mol. The van der Waals surface area contributed by atoms with Crippen LogP contribution in [0, 0.1) is 0 Å². The quantitative estimate of drug-likeness (QED) is 0.532. The number of carbonyl (C=O) groups excluding carboxylic acids is 1. The highest BCUT2D eigenvalue weighted by Gasteiger charge is 2.11. The molecule has 0 amide bonds. The van der Waals surface area contributed by atoms with E-state index in [9.17, 15) is 4.79 Å². The first kappa shape index (κ1) is 18.0. The number of nitrogens with one attached hydrogen (secondary N) is 1. The van der Waals surface area contributed by atoms with Gasteiger partial charge in [0.15, 0.2) is 17.3 Å². The van der Waals surface area contributed by atoms with Crippen LogP contribution in [0.25, 0.3) is 0 Å². The molecule has 0 radical (unpaired) electrons. The summed E-state index contributed by atoms with van der Waals surface area (Å²) in [5.41, 5.74) is 1.87. The molecule has 0 aromatic heterocycles. The molecule has 0 aliphatic rings. The summed E-state index contributed by atoms with van der Waals surface area (Å²) in [5.74, 6) is 1.40. The molecule has 0 aliphatic carbocycles. The highest BCUT2D eigenvalue weighted by atomic mass is 16.5. The zero-order valence-corrected chi connectivity index (χ0v) is 14.4. The average molecular weight is 327 g/mol. The summed E-state index contributed by atoms with van der Waals surface area (Å²) in [6.07, 6.45) is 0.451. The largest absolute Gasteiger partial charge is 0.490 e. The Balaban J connectivity index is 1.88. The van der Waals surface area contributed by atoms with Crippen molar-refractivity contribution in [2.24, 2.45) is 0 Å². The number of ether oxygens (including phenoxy) is 2. The number of Topliss-reactive ketones (excluding diaryl/α,β-unsaturated/α-hetero) is 1. The summed E-state index contributed by atoms with van der Waals surface area (Å²) in [4.78, 5) is 12.3. The highest BCUT2D eigenvalue weighted by molar-refractivity contribution is 5.96. The number of carbonyl (C=O) groups is 1. The molecule has 0 saturated heterocycles. The molecule has 0 heterocycles. The van der Waals surface area contributed by atoms with E-state index in [1.54, 1.807) is 18.2 Å². The van der Waals surface area contributed by atoms with Gasteiger partial charge in [-0.1, -0.05) is 30.3 Å². The minimum Gasteiger partial charge on any atom is -0.490 e. The summed E-state index contributed by atoms with van der Waals surface area (Å²) in [5, 5.41) is 3.30. The van der Waals surface area contributed by atoms with Gasteiger partial charge in [0, 0.05) is 25.1 Å². The highest BCUT2D eigenvalue weighted by Crippen LogP contribution is 2.28. The summed E-state index contributed by atoms with van der Waals surface area (Å²) in [6, 6.07) is 15.5. The predicted molar refractivity (Wildman–Crippen MR) is 95.9 cm³/mol. The molecule has 4 heteroatoms. The number of hydrogen-bond donors (Lipinski definition) is 1. The van der Waals surface area contributed by atoms with E-state index in [0.717, 1.165) is 6.54 Å². The lowest BCUT2D eigenvalue weighted by Crippen LogP contribution is -2.18. The molecule has 0 unspecified atom stereocenters. The van der Waals surface area contributed by atoms with Crippen molar-refractivity contribution < 1.29 is 14.3 Å². The number of rotatable bonds is 10. The van der Waals surface area contributed by atoms with Gasteiger partial charge >= 0.3 is 0 Å². The van der Waals surface area contributed by atoms with Crippen LogP contribution in [0.5, 0.6) is 11.5 Å². The maximum Gasteiger partial charge on any atom is 0.164 e. The van der Waals surface area contributed by atoms with Crippen molar-refractivity contribution in [1.29, 1.82) is 0 Å². The second-order valence-corrected chi connectivity index (χ2v) is 5.36. The van der Waals surface area contributed by atoms with Gasteiger partial charge in [-0.25, -0.2) is 0 Å². The zero-order chi connectivity index (χ0) is 17.2. The Morgan fingerprint density at radius 3 is 2.38 bits per heavy atom. The van der Waals surface area contributed by atoms with Crippen molar-refractivity contribution >= 4 is 5.78 Å². The van der Waals surface area contributed by atoms with Gasteiger partial charge < -0.3 is 14.8 Å². The fourth-order valence-corrected chi connectivity index (χ4v) is 2.40. The van der Waals surface area contributed by atoms with Crippen LogP contribution in [-0.4, -0.2) is 25.5 Å². The molecule has 2 rings (SSSR count). The maximum atomic E-state index is 12.3. The first-order valence-electron chi connectivity index (χ1n) is 8.42. The van der Waals surface area contributed by atoms with E-state index < -0.39 is 0 Å². The molecule has 4 nitrogen and oxygen atoms in total. The third-order valence-corrected chi connectivity index (χ3v) is 3.57. The van der Waals surface area contributed by atoms with Crippen LogP contribution in [0.4, 0.5) is 0 Å². The molecule has 0 fully saturated rings. The number of ketones is 1. The predicted octanol–water partition coefficient (Wildman–Crippen LogP) is 3.85. The van der Waals surface area contributed by atoms with Gasteiger partial charge in [-0.3, -0.25) is 4.79 Å². The van der Waals surface area contributed by atoms with Gasteiger partial charge in [-0.2, -0.15) is 0 Å². The standard InChI is InChI=1S/C20H25NO3/c1-3-23-19-11-10-17(14-20(19)24-4-2)18(22)12-13-21-15-16-8-6-5-7-9-16/h5-11,14,21H,3-4,12-13,15H2,1-2H3. The minimum absolute atomic E-state index is 0.0968. The van der Waals surface area contributed by atoms with Crippen molar-refractivity contribution in [3.8, 4) is 11.5 Å². The first-order valence-corrected chi connectivity index (χ1v) is 8.42. The number of hydrogen-bond acceptors (Lipinski definition) is 4. The van der Waals surface area contributed by atoms with E-state index in [4.69, 9.17) is 9.47 Å². The van der Waals surface area contributed by atoms with E-state index in [1.807, 2.05) is 32.0 Å². The van der Waals surface area contributed by atoms with E-state index in [0.29, 0.717) is 43.2 Å². The van der Waals surface area contributed by atoms with Crippen molar-refractivity contribution in [1.82, 2.24) is 5.32 Å². The zero-order valence-electron chi connectivity index (χ0n) is 14.4. The van der Waals surface area contributed by atoms with Gasteiger partial charge in [-0.15, -0.1) is 0 Å². The van der Waals surface area contributed by atoms with Crippen molar-refractivity contribution in [2.75, 3.05) is 19.8 Å².